The lowest BCUT2D eigenvalue weighted by Gasteiger charge is -2.02. The number of thiazole rings is 1. The fourth-order valence-corrected chi connectivity index (χ4v) is 2.89. The Kier molecular flexibility index (Phi) is 3.15. The van der Waals surface area contributed by atoms with E-state index in [1.807, 2.05) is 6.07 Å². The van der Waals surface area contributed by atoms with Crippen molar-refractivity contribution in [2.45, 2.75) is 6.18 Å². The van der Waals surface area contributed by atoms with Gasteiger partial charge in [0.15, 0.2) is 5.01 Å². The van der Waals surface area contributed by atoms with Gasteiger partial charge in [0.2, 0.25) is 0 Å². The molecule has 3 aromatic rings. The van der Waals surface area contributed by atoms with Gasteiger partial charge in [-0.05, 0) is 29.8 Å². The van der Waals surface area contributed by atoms with E-state index in [1.54, 1.807) is 30.3 Å². The summed E-state index contributed by atoms with van der Waals surface area (Å²) in [6, 6.07) is 14.6. The highest BCUT2D eigenvalue weighted by molar-refractivity contribution is 7.19. The number of aromatic nitrogens is 1. The number of alkyl halides is 3. The van der Waals surface area contributed by atoms with Crippen molar-refractivity contribution in [1.29, 1.82) is 5.26 Å². The Balaban J connectivity index is 2.18. The minimum absolute atomic E-state index is 0.297. The van der Waals surface area contributed by atoms with E-state index in [-0.39, 0.29) is 0 Å². The van der Waals surface area contributed by atoms with Gasteiger partial charge >= 0.3 is 6.18 Å². The molecule has 0 saturated carbocycles. The quantitative estimate of drug-likeness (QED) is 0.656. The zero-order chi connectivity index (χ0) is 15.0. The van der Waals surface area contributed by atoms with Gasteiger partial charge in [-0.25, -0.2) is 4.98 Å². The largest absolute Gasteiger partial charge is 0.443 e. The van der Waals surface area contributed by atoms with Gasteiger partial charge < -0.3 is 0 Å². The van der Waals surface area contributed by atoms with Crippen LogP contribution >= 0.6 is 11.3 Å². The highest BCUT2D eigenvalue weighted by Gasteiger charge is 2.35. The van der Waals surface area contributed by atoms with Gasteiger partial charge in [-0.15, -0.1) is 11.3 Å². The van der Waals surface area contributed by atoms with Crippen molar-refractivity contribution < 1.29 is 13.2 Å². The van der Waals surface area contributed by atoms with Gasteiger partial charge in [0.05, 0.1) is 21.8 Å². The molecule has 0 aliphatic carbocycles. The maximum atomic E-state index is 12.8. The number of nitrogens with zero attached hydrogens (tertiary/aromatic N) is 2. The molecule has 2 nitrogen and oxygen atoms in total. The number of nitriles is 1. The molecule has 0 bridgehead atoms. The Labute approximate surface area is 122 Å². The first-order valence-electron chi connectivity index (χ1n) is 5.88. The Hall–Kier alpha value is -2.39. The van der Waals surface area contributed by atoms with Gasteiger partial charge in [0, 0.05) is 5.56 Å². The van der Waals surface area contributed by atoms with Crippen LogP contribution in [0.4, 0.5) is 13.2 Å². The molecule has 0 aliphatic heterocycles. The van der Waals surface area contributed by atoms with Crippen LogP contribution in [0.5, 0.6) is 0 Å². The second-order valence-corrected chi connectivity index (χ2v) is 5.27. The number of hydrogen-bond acceptors (Lipinski definition) is 3. The molecule has 0 fully saturated rings. The minimum atomic E-state index is -4.45. The fourth-order valence-electron chi connectivity index (χ4n) is 1.94. The van der Waals surface area contributed by atoms with Crippen molar-refractivity contribution >= 4 is 21.6 Å². The normalized spacial score (nSPS) is 11.5. The van der Waals surface area contributed by atoms with Crippen LogP contribution in [-0.4, -0.2) is 4.98 Å². The lowest BCUT2D eigenvalue weighted by atomic mass is 10.0. The van der Waals surface area contributed by atoms with Crippen LogP contribution in [0.1, 0.15) is 10.6 Å². The Morgan fingerprint density at radius 2 is 1.86 bits per heavy atom. The molecule has 103 valence electrons. The van der Waals surface area contributed by atoms with Crippen LogP contribution < -0.4 is 0 Å². The van der Waals surface area contributed by atoms with Crippen LogP contribution in [0, 0.1) is 17.4 Å². The SMILES string of the molecule is N#Cc1ccc(-c2[c]ccc3nc(C(F)(F)F)sc23)cc1. The van der Waals surface area contributed by atoms with Crippen LogP contribution in [0.15, 0.2) is 36.4 Å². The first-order chi connectivity index (χ1) is 9.99. The highest BCUT2D eigenvalue weighted by Crippen LogP contribution is 2.39. The van der Waals surface area contributed by atoms with Crippen molar-refractivity contribution in [1.82, 2.24) is 4.98 Å². The second-order valence-electron chi connectivity index (χ2n) is 4.27. The molecule has 0 aliphatic rings. The lowest BCUT2D eigenvalue weighted by molar-refractivity contribution is -0.137. The minimum Gasteiger partial charge on any atom is -0.232 e. The smallest absolute Gasteiger partial charge is 0.232 e. The molecule has 1 aromatic heterocycles. The summed E-state index contributed by atoms with van der Waals surface area (Å²) >= 11 is 0.603. The number of fused-ring (bicyclic) bond motifs is 1. The number of halogens is 3. The molecule has 0 amide bonds. The molecule has 21 heavy (non-hydrogen) atoms. The van der Waals surface area contributed by atoms with Crippen LogP contribution in [0.3, 0.4) is 0 Å². The topological polar surface area (TPSA) is 36.7 Å². The molecule has 0 saturated heterocycles. The molecule has 6 heteroatoms. The average Bonchev–Trinajstić information content (AvgIpc) is 2.91. The third-order valence-corrected chi connectivity index (χ3v) is 4.03. The summed E-state index contributed by atoms with van der Waals surface area (Å²) in [5, 5.41) is 7.90. The molecule has 0 N–H and O–H groups in total. The van der Waals surface area contributed by atoms with E-state index in [9.17, 15) is 13.2 Å². The number of rotatable bonds is 1. The van der Waals surface area contributed by atoms with Crippen molar-refractivity contribution in [2.75, 3.05) is 0 Å². The molecule has 1 radical (unpaired) electrons. The lowest BCUT2D eigenvalue weighted by Crippen LogP contribution is -2.03. The molecule has 2 aromatic carbocycles. The third kappa shape index (κ3) is 2.48. The van der Waals surface area contributed by atoms with Crippen molar-refractivity contribution in [2.24, 2.45) is 0 Å². The van der Waals surface area contributed by atoms with E-state index < -0.39 is 11.2 Å². The summed E-state index contributed by atoms with van der Waals surface area (Å²) in [4.78, 5) is 3.63. The summed E-state index contributed by atoms with van der Waals surface area (Å²) in [5.41, 5.74) is 2.05. The van der Waals surface area contributed by atoms with Crippen molar-refractivity contribution in [3.05, 3.63) is 53.0 Å². The Bertz CT molecular complexity index is 842. The van der Waals surface area contributed by atoms with Crippen LogP contribution in [0.25, 0.3) is 21.3 Å². The van der Waals surface area contributed by atoms with E-state index in [0.717, 1.165) is 0 Å². The first-order valence-corrected chi connectivity index (χ1v) is 6.69. The van der Waals surface area contributed by atoms with Crippen molar-refractivity contribution in [3.8, 4) is 17.2 Å². The van der Waals surface area contributed by atoms with Gasteiger partial charge in [-0.3, -0.25) is 0 Å². The molecular weight excluding hydrogens is 297 g/mol. The Morgan fingerprint density at radius 3 is 2.48 bits per heavy atom. The standard InChI is InChI=1S/C15H6F3N2S/c16-15(17,18)14-20-12-3-1-2-11(13(12)21-14)10-6-4-9(8-19)5-7-10/h1,3-7H. The highest BCUT2D eigenvalue weighted by atomic mass is 32.1. The molecule has 0 spiro atoms. The summed E-state index contributed by atoms with van der Waals surface area (Å²) in [5.74, 6) is 0. The predicted molar refractivity (Wildman–Crippen MR) is 73.6 cm³/mol. The summed E-state index contributed by atoms with van der Waals surface area (Å²) in [6.07, 6.45) is -4.45. The van der Waals surface area contributed by atoms with Crippen LogP contribution in [0.2, 0.25) is 0 Å². The summed E-state index contributed by atoms with van der Waals surface area (Å²) in [7, 11) is 0. The second kappa shape index (κ2) is 4.86. The summed E-state index contributed by atoms with van der Waals surface area (Å²) in [6.45, 7) is 0. The molecule has 0 unspecified atom stereocenters. The van der Waals surface area contributed by atoms with Gasteiger partial charge in [-0.2, -0.15) is 18.4 Å². The van der Waals surface area contributed by atoms with Crippen molar-refractivity contribution in [3.63, 3.8) is 0 Å². The predicted octanol–water partition coefficient (Wildman–Crippen LogP) is 4.65. The van der Waals surface area contributed by atoms with E-state index in [1.165, 1.54) is 6.07 Å². The molecule has 0 atom stereocenters. The van der Waals surface area contributed by atoms with Gasteiger partial charge in [0.1, 0.15) is 0 Å². The monoisotopic (exact) mass is 303 g/mol. The van der Waals surface area contributed by atoms with E-state index in [2.05, 4.69) is 11.1 Å². The van der Waals surface area contributed by atoms with Gasteiger partial charge in [0.25, 0.3) is 0 Å². The number of benzene rings is 2. The van der Waals surface area contributed by atoms with Gasteiger partial charge in [-0.1, -0.05) is 18.2 Å². The average molecular weight is 303 g/mol. The molecule has 3 rings (SSSR count). The third-order valence-electron chi connectivity index (χ3n) is 2.89. The Morgan fingerprint density at radius 1 is 1.14 bits per heavy atom. The maximum absolute atomic E-state index is 12.8. The van der Waals surface area contributed by atoms with E-state index >= 15 is 0 Å². The zero-order valence-electron chi connectivity index (χ0n) is 10.4. The first kappa shape index (κ1) is 13.6. The fraction of sp³-hybridized carbons (Fsp3) is 0.0667. The maximum Gasteiger partial charge on any atom is 0.443 e. The zero-order valence-corrected chi connectivity index (χ0v) is 11.2. The van der Waals surface area contributed by atoms with E-state index in [0.29, 0.717) is 38.2 Å². The van der Waals surface area contributed by atoms with Crippen LogP contribution in [-0.2, 0) is 6.18 Å². The van der Waals surface area contributed by atoms with E-state index in [4.69, 9.17) is 5.26 Å². The summed E-state index contributed by atoms with van der Waals surface area (Å²) < 4.78 is 38.7. The molecule has 1 heterocycles. The number of hydrogen-bond donors (Lipinski definition) is 0. The molecular formula is C15H6F3N2S.